The van der Waals surface area contributed by atoms with Crippen LogP contribution in [0.5, 0.6) is 0 Å². The van der Waals surface area contributed by atoms with E-state index in [0.29, 0.717) is 21.7 Å². The number of ether oxygens (including phenoxy) is 1. The maximum Gasteiger partial charge on any atom is 0.339 e. The predicted octanol–water partition coefficient (Wildman–Crippen LogP) is 5.66. The smallest absolute Gasteiger partial charge is 0.339 e. The van der Waals surface area contributed by atoms with Crippen molar-refractivity contribution in [2.75, 3.05) is 0 Å². The number of esters is 1. The summed E-state index contributed by atoms with van der Waals surface area (Å²) in [5, 5.41) is 0.583. The van der Waals surface area contributed by atoms with Crippen molar-refractivity contribution in [3.05, 3.63) is 99.0 Å². The van der Waals surface area contributed by atoms with E-state index in [2.05, 4.69) is 0 Å². The van der Waals surface area contributed by atoms with Gasteiger partial charge in [-0.3, -0.25) is 4.18 Å². The van der Waals surface area contributed by atoms with Gasteiger partial charge < -0.3 is 4.74 Å². The molecule has 1 heterocycles. The lowest BCUT2D eigenvalue weighted by Gasteiger charge is -2.24. The molecule has 0 N–H and O–H groups in total. The van der Waals surface area contributed by atoms with E-state index in [4.69, 9.17) is 32.1 Å². The molecule has 0 amide bonds. The summed E-state index contributed by atoms with van der Waals surface area (Å²) in [5.74, 6) is -0.554. The summed E-state index contributed by atoms with van der Waals surface area (Å²) in [7, 11) is -4.19. The largest absolute Gasteiger partial charge is 0.451 e. The molecular formula is C22H16Cl2O5S. The van der Waals surface area contributed by atoms with Crippen LogP contribution in [-0.2, 0) is 19.0 Å². The van der Waals surface area contributed by atoms with E-state index in [9.17, 15) is 13.2 Å². The summed E-state index contributed by atoms with van der Waals surface area (Å²) in [5.41, 5.74) is 2.13. The number of carbonyl (C=O) groups is 1. The average molecular weight is 463 g/mol. The van der Waals surface area contributed by atoms with Crippen LogP contribution < -0.4 is 0 Å². The van der Waals surface area contributed by atoms with E-state index in [1.165, 1.54) is 18.2 Å². The number of aryl methyl sites for hydroxylation is 1. The van der Waals surface area contributed by atoms with Crippen molar-refractivity contribution in [2.24, 2.45) is 0 Å². The third-order valence-electron chi connectivity index (χ3n) is 4.81. The number of hydrogen-bond acceptors (Lipinski definition) is 5. The Morgan fingerprint density at radius 2 is 1.70 bits per heavy atom. The Hall–Kier alpha value is -2.38. The average Bonchev–Trinajstić information content (AvgIpc) is 3.04. The minimum Gasteiger partial charge on any atom is -0.451 e. The van der Waals surface area contributed by atoms with Crippen LogP contribution in [0.3, 0.4) is 0 Å². The fourth-order valence-electron chi connectivity index (χ4n) is 3.29. The molecule has 0 spiro atoms. The SMILES string of the molecule is Cc1ccc(S(=O)(=O)O[C@@H](c2ccc(Cl)cc2Cl)[C@H]2OC(=O)c3ccccc32)cc1. The molecule has 2 atom stereocenters. The van der Waals surface area contributed by atoms with Crippen molar-refractivity contribution in [1.82, 2.24) is 0 Å². The first-order valence-corrected chi connectivity index (χ1v) is 11.2. The lowest BCUT2D eigenvalue weighted by molar-refractivity contribution is 0.000810. The molecule has 0 saturated carbocycles. The monoisotopic (exact) mass is 462 g/mol. The van der Waals surface area contributed by atoms with Gasteiger partial charge in [0.25, 0.3) is 10.1 Å². The second kappa shape index (κ2) is 8.04. The highest BCUT2D eigenvalue weighted by Gasteiger charge is 2.41. The van der Waals surface area contributed by atoms with Crippen molar-refractivity contribution < 1.29 is 22.1 Å². The number of carbonyl (C=O) groups excluding carboxylic acids is 1. The third-order valence-corrected chi connectivity index (χ3v) is 6.68. The van der Waals surface area contributed by atoms with Gasteiger partial charge in [0.1, 0.15) is 6.10 Å². The molecule has 3 aromatic carbocycles. The van der Waals surface area contributed by atoms with Crippen LogP contribution in [0.2, 0.25) is 10.0 Å². The maximum atomic E-state index is 13.0. The second-order valence-electron chi connectivity index (χ2n) is 6.86. The second-order valence-corrected chi connectivity index (χ2v) is 9.28. The van der Waals surface area contributed by atoms with Crippen LogP contribution in [0.4, 0.5) is 0 Å². The Kier molecular flexibility index (Phi) is 5.59. The number of benzene rings is 3. The van der Waals surface area contributed by atoms with E-state index >= 15 is 0 Å². The summed E-state index contributed by atoms with van der Waals surface area (Å²) in [4.78, 5) is 12.3. The molecule has 0 fully saturated rings. The quantitative estimate of drug-likeness (QED) is 0.361. The zero-order chi connectivity index (χ0) is 21.5. The molecule has 30 heavy (non-hydrogen) atoms. The summed E-state index contributed by atoms with van der Waals surface area (Å²) in [6.07, 6.45) is -2.19. The van der Waals surface area contributed by atoms with Gasteiger partial charge in [0, 0.05) is 21.2 Å². The van der Waals surface area contributed by atoms with Crippen molar-refractivity contribution in [3.63, 3.8) is 0 Å². The van der Waals surface area contributed by atoms with Crippen molar-refractivity contribution in [1.29, 1.82) is 0 Å². The van der Waals surface area contributed by atoms with Gasteiger partial charge in [0.15, 0.2) is 6.10 Å². The van der Waals surface area contributed by atoms with Crippen LogP contribution in [0.15, 0.2) is 71.6 Å². The van der Waals surface area contributed by atoms with E-state index in [0.717, 1.165) is 5.56 Å². The number of fused-ring (bicyclic) bond motifs is 1. The molecule has 0 aromatic heterocycles. The van der Waals surface area contributed by atoms with Gasteiger partial charge in [0.05, 0.1) is 10.5 Å². The first kappa shape index (κ1) is 20.9. The molecule has 0 aliphatic carbocycles. The zero-order valence-electron chi connectivity index (χ0n) is 15.7. The fraction of sp³-hybridized carbons (Fsp3) is 0.136. The third kappa shape index (κ3) is 3.96. The van der Waals surface area contributed by atoms with E-state index < -0.39 is 28.3 Å². The lowest BCUT2D eigenvalue weighted by atomic mass is 9.97. The number of rotatable bonds is 5. The fourth-order valence-corrected chi connectivity index (χ4v) is 4.87. The van der Waals surface area contributed by atoms with Gasteiger partial charge in [0.2, 0.25) is 0 Å². The lowest BCUT2D eigenvalue weighted by Crippen LogP contribution is -2.20. The molecule has 1 aliphatic heterocycles. The molecule has 154 valence electrons. The molecule has 0 bridgehead atoms. The van der Waals surface area contributed by atoms with Gasteiger partial charge >= 0.3 is 5.97 Å². The van der Waals surface area contributed by atoms with Gasteiger partial charge in [-0.2, -0.15) is 8.42 Å². The van der Waals surface area contributed by atoms with Gasteiger partial charge in [-0.1, -0.05) is 65.2 Å². The summed E-state index contributed by atoms with van der Waals surface area (Å²) in [6.45, 7) is 1.85. The standard InChI is InChI=1S/C22H16Cl2O5S/c1-13-6-9-15(10-7-13)30(26,27)29-21(18-11-8-14(23)12-19(18)24)20-16-4-2-3-5-17(16)22(25)28-20/h2-12,20-21H,1H3/t20-,21-/m0/s1. The van der Waals surface area contributed by atoms with Crippen molar-refractivity contribution >= 4 is 39.3 Å². The van der Waals surface area contributed by atoms with Crippen molar-refractivity contribution in [2.45, 2.75) is 24.0 Å². The van der Waals surface area contributed by atoms with Crippen LogP contribution in [0.25, 0.3) is 0 Å². The molecular weight excluding hydrogens is 447 g/mol. The Morgan fingerprint density at radius 1 is 1.00 bits per heavy atom. The minimum atomic E-state index is -4.19. The summed E-state index contributed by atoms with van der Waals surface area (Å²) < 4.78 is 37.2. The van der Waals surface area contributed by atoms with Crippen molar-refractivity contribution in [3.8, 4) is 0 Å². The highest BCUT2D eigenvalue weighted by molar-refractivity contribution is 7.86. The molecule has 3 aromatic rings. The van der Waals surface area contributed by atoms with Gasteiger partial charge in [-0.05, 0) is 37.3 Å². The highest BCUT2D eigenvalue weighted by Crippen LogP contribution is 2.45. The number of hydrogen-bond donors (Lipinski definition) is 0. The molecule has 1 aliphatic rings. The first-order chi connectivity index (χ1) is 14.3. The summed E-state index contributed by atoms with van der Waals surface area (Å²) in [6, 6.07) is 17.6. The molecule has 0 saturated heterocycles. The van der Waals surface area contributed by atoms with Gasteiger partial charge in [-0.15, -0.1) is 0 Å². The van der Waals surface area contributed by atoms with E-state index in [1.807, 2.05) is 6.92 Å². The predicted molar refractivity (Wildman–Crippen MR) is 113 cm³/mol. The van der Waals surface area contributed by atoms with E-state index in [1.54, 1.807) is 48.5 Å². The normalized spacial score (nSPS) is 16.8. The minimum absolute atomic E-state index is 0.0132. The number of cyclic esters (lactones) is 1. The Labute approximate surface area is 184 Å². The maximum absolute atomic E-state index is 13.0. The molecule has 0 unspecified atom stereocenters. The Bertz CT molecular complexity index is 1220. The Balaban J connectivity index is 1.81. The molecule has 0 radical (unpaired) electrons. The summed E-state index contributed by atoms with van der Waals surface area (Å²) >= 11 is 12.4. The highest BCUT2D eigenvalue weighted by atomic mass is 35.5. The number of halogens is 2. The zero-order valence-corrected chi connectivity index (χ0v) is 18.0. The van der Waals surface area contributed by atoms with Crippen LogP contribution >= 0.6 is 23.2 Å². The van der Waals surface area contributed by atoms with Crippen LogP contribution in [0.1, 0.15) is 39.3 Å². The van der Waals surface area contributed by atoms with Gasteiger partial charge in [-0.25, -0.2) is 4.79 Å². The molecule has 5 nitrogen and oxygen atoms in total. The van der Waals surface area contributed by atoms with Crippen LogP contribution in [0, 0.1) is 6.92 Å². The molecule has 4 rings (SSSR count). The van der Waals surface area contributed by atoms with E-state index in [-0.39, 0.29) is 9.92 Å². The Morgan fingerprint density at radius 3 is 2.40 bits per heavy atom. The van der Waals surface area contributed by atoms with Crippen LogP contribution in [-0.4, -0.2) is 14.4 Å². The first-order valence-electron chi connectivity index (χ1n) is 9.01. The topological polar surface area (TPSA) is 69.7 Å². The molecule has 8 heteroatoms.